The van der Waals surface area contributed by atoms with Crippen LogP contribution in [0.25, 0.3) is 0 Å². The molecule has 1 fully saturated rings. The summed E-state index contributed by atoms with van der Waals surface area (Å²) in [7, 11) is -3.07. The first-order chi connectivity index (χ1) is 23.3. The fourth-order valence-electron chi connectivity index (χ4n) is 8.13. The van der Waals surface area contributed by atoms with Crippen LogP contribution in [0.3, 0.4) is 0 Å². The molecule has 10 heteroatoms. The maximum absolute atomic E-state index is 14.1. The van der Waals surface area contributed by atoms with Crippen LogP contribution in [-0.2, 0) is 27.9 Å². The lowest BCUT2D eigenvalue weighted by Crippen LogP contribution is -2.58. The lowest BCUT2D eigenvalue weighted by Gasteiger charge is -2.54. The molecule has 0 radical (unpaired) electrons. The minimum atomic E-state index is -1.61. The number of benzene rings is 1. The molecule has 0 spiro atoms. The van der Waals surface area contributed by atoms with E-state index in [4.69, 9.17) is 23.1 Å². The number of esters is 2. The van der Waals surface area contributed by atoms with Gasteiger partial charge in [0.05, 0.1) is 10.1 Å². The van der Waals surface area contributed by atoms with E-state index in [2.05, 4.69) is 109 Å². The Kier molecular flexibility index (Phi) is 13.6. The van der Waals surface area contributed by atoms with Gasteiger partial charge < -0.3 is 23.1 Å². The minimum Gasteiger partial charge on any atom is -0.478 e. The summed E-state index contributed by atoms with van der Waals surface area (Å²) in [6.45, 7) is 26.2. The van der Waals surface area contributed by atoms with Gasteiger partial charge in [0.2, 0.25) is 0 Å². The summed E-state index contributed by atoms with van der Waals surface area (Å²) in [6.07, 6.45) is 8.28. The smallest absolute Gasteiger partial charge is 0.347 e. The van der Waals surface area contributed by atoms with Gasteiger partial charge in [-0.1, -0.05) is 85.8 Å². The van der Waals surface area contributed by atoms with E-state index in [1.807, 2.05) is 31.2 Å². The maximum atomic E-state index is 14.1. The molecule has 0 bridgehead atoms. The van der Waals surface area contributed by atoms with Crippen molar-refractivity contribution in [2.24, 2.45) is 34.5 Å². The van der Waals surface area contributed by atoms with E-state index in [1.54, 1.807) is 0 Å². The molecule has 50 heavy (non-hydrogen) atoms. The van der Waals surface area contributed by atoms with Gasteiger partial charge in [-0.2, -0.15) is 0 Å². The van der Waals surface area contributed by atoms with Crippen molar-refractivity contribution in [3.8, 4) is 5.75 Å². The molecular formula is C40H63BrO7Si2. The molecular weight excluding hydrogens is 729 g/mol. The molecule has 2 unspecified atom stereocenters. The Morgan fingerprint density at radius 3 is 2.30 bits per heavy atom. The molecule has 3 aliphatic rings. The second kappa shape index (κ2) is 16.5. The van der Waals surface area contributed by atoms with E-state index in [0.717, 1.165) is 10.9 Å². The zero-order chi connectivity index (χ0) is 37.2. The number of hydrogen-bond acceptors (Lipinski definition) is 7. The molecule has 7 nitrogen and oxygen atoms in total. The Morgan fingerprint density at radius 2 is 1.72 bits per heavy atom. The second-order valence-corrected chi connectivity index (χ2v) is 23.0. The normalized spacial score (nSPS) is 30.8. The van der Waals surface area contributed by atoms with Crippen molar-refractivity contribution < 1.29 is 32.7 Å². The number of allylic oxidation sites excluding steroid dienone is 2. The topological polar surface area (TPSA) is 80.3 Å². The SMILES string of the molecule is CCC(Oc1ccccc1Br)C(=O)O[C@H]1C[C@H](C(C)(C)C)C=C2C=C[C@H](C)[C@](CC[C@@H]3C[C@H](C(C)(C)C)C(O[SiH](C)C)C(=O)O3)(O[SiH](C)C)[C@H]21. The van der Waals surface area contributed by atoms with Gasteiger partial charge in [0.25, 0.3) is 0 Å². The predicted molar refractivity (Wildman–Crippen MR) is 209 cm³/mol. The Bertz CT molecular complexity index is 1400. The molecule has 0 aromatic heterocycles. The van der Waals surface area contributed by atoms with Crippen LogP contribution in [0, 0.1) is 34.5 Å². The Balaban J connectivity index is 1.69. The summed E-state index contributed by atoms with van der Waals surface area (Å²) in [6, 6.07) is 7.58. The van der Waals surface area contributed by atoms with Crippen molar-refractivity contribution in [1.82, 2.24) is 0 Å². The fraction of sp³-hybridized carbons (Fsp3) is 0.700. The van der Waals surface area contributed by atoms with Crippen molar-refractivity contribution in [1.29, 1.82) is 0 Å². The molecule has 1 heterocycles. The van der Waals surface area contributed by atoms with Gasteiger partial charge in [-0.05, 0) is 109 Å². The van der Waals surface area contributed by atoms with Crippen molar-refractivity contribution in [2.45, 2.75) is 144 Å². The molecule has 4 rings (SSSR count). The van der Waals surface area contributed by atoms with Crippen LogP contribution in [0.15, 0.2) is 52.5 Å². The molecule has 1 aromatic rings. The van der Waals surface area contributed by atoms with Gasteiger partial charge >= 0.3 is 11.9 Å². The molecule has 9 atom stereocenters. The minimum absolute atomic E-state index is 0.0267. The summed E-state index contributed by atoms with van der Waals surface area (Å²) >= 11 is 3.56. The predicted octanol–water partition coefficient (Wildman–Crippen LogP) is 9.20. The van der Waals surface area contributed by atoms with Crippen molar-refractivity contribution >= 4 is 45.9 Å². The van der Waals surface area contributed by atoms with Crippen LogP contribution in [0.2, 0.25) is 26.2 Å². The van der Waals surface area contributed by atoms with Gasteiger partial charge in [-0.15, -0.1) is 0 Å². The molecule has 1 saturated heterocycles. The van der Waals surface area contributed by atoms with Crippen LogP contribution in [0.4, 0.5) is 0 Å². The zero-order valence-electron chi connectivity index (χ0n) is 32.6. The number of ether oxygens (including phenoxy) is 3. The molecule has 0 saturated carbocycles. The van der Waals surface area contributed by atoms with Gasteiger partial charge in [0.1, 0.15) is 24.1 Å². The Morgan fingerprint density at radius 1 is 1.04 bits per heavy atom. The quantitative estimate of drug-likeness (QED) is 0.154. The summed E-state index contributed by atoms with van der Waals surface area (Å²) in [4.78, 5) is 27.6. The van der Waals surface area contributed by atoms with Crippen molar-refractivity contribution in [3.63, 3.8) is 0 Å². The van der Waals surface area contributed by atoms with E-state index in [0.29, 0.717) is 31.4 Å². The van der Waals surface area contributed by atoms with Crippen LogP contribution < -0.4 is 4.74 Å². The van der Waals surface area contributed by atoms with E-state index < -0.39 is 42.0 Å². The van der Waals surface area contributed by atoms with Crippen LogP contribution in [0.1, 0.15) is 87.5 Å². The van der Waals surface area contributed by atoms with E-state index in [1.165, 1.54) is 5.57 Å². The summed E-state index contributed by atoms with van der Waals surface area (Å²) in [5.41, 5.74) is 0.410. The third kappa shape index (κ3) is 9.62. The maximum Gasteiger partial charge on any atom is 0.347 e. The standard InChI is InChI=1S/C40H63BrO7Si2/c1-13-31(45-32-17-15-14-16-30(32)41)36(42)46-33-23-27(38(3,4)5)22-26-19-18-25(2)40(34(26)33,48-50(11)12)21-20-28-24-29(39(6,7)8)35(37(43)44-28)47-49(9)10/h14-19,22,25,27-29,31,33-35,49-50H,13,20-21,23-24H2,1-12H3/t25-,27+,28+,29-,31?,33-,34+,35?,40-/m0/s1. The molecule has 1 aromatic carbocycles. The van der Waals surface area contributed by atoms with Crippen LogP contribution >= 0.6 is 15.9 Å². The zero-order valence-corrected chi connectivity index (χ0v) is 36.5. The van der Waals surface area contributed by atoms with E-state index in [9.17, 15) is 9.59 Å². The highest BCUT2D eigenvalue weighted by molar-refractivity contribution is 9.10. The largest absolute Gasteiger partial charge is 0.478 e. The highest BCUT2D eigenvalue weighted by Gasteiger charge is 2.55. The van der Waals surface area contributed by atoms with Crippen molar-refractivity contribution in [3.05, 3.63) is 52.5 Å². The monoisotopic (exact) mass is 790 g/mol. The van der Waals surface area contributed by atoms with Gasteiger partial charge in [0, 0.05) is 17.8 Å². The highest BCUT2D eigenvalue weighted by atomic mass is 79.9. The number of halogens is 1. The van der Waals surface area contributed by atoms with Gasteiger partial charge in [-0.3, -0.25) is 0 Å². The first-order valence-corrected chi connectivity index (χ1v) is 25.2. The summed E-state index contributed by atoms with van der Waals surface area (Å²) < 4.78 is 33.4. The number of cyclic esters (lactones) is 1. The lowest BCUT2D eigenvalue weighted by molar-refractivity contribution is -0.180. The number of rotatable bonds is 12. The lowest BCUT2D eigenvalue weighted by atomic mass is 9.59. The number of para-hydroxylation sites is 1. The molecule has 2 aliphatic carbocycles. The fourth-order valence-corrected chi connectivity index (χ4v) is 10.7. The first kappa shape index (κ1) is 41.0. The molecule has 0 N–H and O–H groups in total. The third-order valence-corrected chi connectivity index (χ3v) is 13.2. The third-order valence-electron chi connectivity index (χ3n) is 10.8. The Hall–Kier alpha value is -1.73. The second-order valence-electron chi connectivity index (χ2n) is 17.5. The highest BCUT2D eigenvalue weighted by Crippen LogP contribution is 2.53. The molecule has 280 valence electrons. The first-order valence-electron chi connectivity index (χ1n) is 18.8. The number of fused-ring (bicyclic) bond motifs is 1. The van der Waals surface area contributed by atoms with Crippen LogP contribution in [-0.4, -0.2) is 60.0 Å². The average molecular weight is 792 g/mol. The van der Waals surface area contributed by atoms with Crippen LogP contribution in [0.5, 0.6) is 5.75 Å². The molecule has 1 aliphatic heterocycles. The van der Waals surface area contributed by atoms with Gasteiger partial charge in [-0.25, -0.2) is 9.59 Å². The summed E-state index contributed by atoms with van der Waals surface area (Å²) in [5, 5.41) is 0. The summed E-state index contributed by atoms with van der Waals surface area (Å²) in [5.74, 6) is 0.189. The molecule has 0 amide bonds. The average Bonchev–Trinajstić information content (AvgIpc) is 3.00. The van der Waals surface area contributed by atoms with Crippen molar-refractivity contribution in [2.75, 3.05) is 0 Å². The number of carbonyl (C=O) groups excluding carboxylic acids is 2. The van der Waals surface area contributed by atoms with Gasteiger partial charge in [0.15, 0.2) is 24.2 Å². The Labute approximate surface area is 313 Å². The number of hydrogen-bond donors (Lipinski definition) is 0. The number of carbonyl (C=O) groups is 2. The van der Waals surface area contributed by atoms with E-state index >= 15 is 0 Å². The van der Waals surface area contributed by atoms with E-state index in [-0.39, 0.29) is 52.5 Å².